The number of carboxylic acid groups (broad SMARTS) is 1. The van der Waals surface area contributed by atoms with E-state index in [1.54, 1.807) is 18.4 Å². The lowest BCUT2D eigenvalue weighted by Gasteiger charge is -2.33. The van der Waals surface area contributed by atoms with Crippen LogP contribution in [0.4, 0.5) is 5.82 Å². The van der Waals surface area contributed by atoms with Crippen LogP contribution in [-0.2, 0) is 0 Å². The zero-order valence-corrected chi connectivity index (χ0v) is 12.9. The second kappa shape index (κ2) is 7.28. The molecule has 0 aromatic carbocycles. The molecule has 1 atom stereocenters. The van der Waals surface area contributed by atoms with Crippen molar-refractivity contribution in [1.29, 1.82) is 0 Å². The number of nitrogens with zero attached hydrogens (tertiary/aromatic N) is 2. The SMILES string of the molecule is O=C(O)c1cccc(NCC(c2ccco2)N2CCCCC2)n1. The molecule has 6 heteroatoms. The van der Waals surface area contributed by atoms with Crippen LogP contribution < -0.4 is 5.32 Å². The third-order valence-electron chi connectivity index (χ3n) is 4.15. The Labute approximate surface area is 135 Å². The number of piperidine rings is 1. The fourth-order valence-electron chi connectivity index (χ4n) is 2.97. The molecule has 0 saturated carbocycles. The second-order valence-corrected chi connectivity index (χ2v) is 5.72. The van der Waals surface area contributed by atoms with Gasteiger partial charge in [0.05, 0.1) is 12.3 Å². The molecule has 1 saturated heterocycles. The van der Waals surface area contributed by atoms with Gasteiger partial charge in [-0.2, -0.15) is 0 Å². The minimum absolute atomic E-state index is 0.0440. The first kappa shape index (κ1) is 15.6. The first-order valence-electron chi connectivity index (χ1n) is 7.96. The minimum Gasteiger partial charge on any atom is -0.477 e. The summed E-state index contributed by atoms with van der Waals surface area (Å²) in [6.07, 6.45) is 5.36. The summed E-state index contributed by atoms with van der Waals surface area (Å²) >= 11 is 0. The molecular weight excluding hydrogens is 294 g/mol. The van der Waals surface area contributed by atoms with E-state index in [4.69, 9.17) is 9.52 Å². The van der Waals surface area contributed by atoms with E-state index in [0.29, 0.717) is 12.4 Å². The molecule has 1 unspecified atom stereocenters. The molecule has 23 heavy (non-hydrogen) atoms. The number of carbonyl (C=O) groups is 1. The van der Waals surface area contributed by atoms with Gasteiger partial charge in [0.2, 0.25) is 0 Å². The van der Waals surface area contributed by atoms with Crippen LogP contribution in [-0.4, -0.2) is 40.6 Å². The fourth-order valence-corrected chi connectivity index (χ4v) is 2.97. The maximum atomic E-state index is 11.0. The number of carboxylic acids is 1. The number of aromatic carboxylic acids is 1. The maximum Gasteiger partial charge on any atom is 0.354 e. The van der Waals surface area contributed by atoms with Crippen molar-refractivity contribution in [3.63, 3.8) is 0 Å². The number of furan rings is 1. The molecule has 2 aromatic rings. The van der Waals surface area contributed by atoms with Gasteiger partial charge in [-0.1, -0.05) is 12.5 Å². The van der Waals surface area contributed by atoms with Crippen molar-refractivity contribution in [2.45, 2.75) is 25.3 Å². The van der Waals surface area contributed by atoms with Crippen LogP contribution in [0.2, 0.25) is 0 Å². The summed E-state index contributed by atoms with van der Waals surface area (Å²) < 4.78 is 5.60. The van der Waals surface area contributed by atoms with Gasteiger partial charge in [0.25, 0.3) is 0 Å². The van der Waals surface area contributed by atoms with E-state index in [1.807, 2.05) is 12.1 Å². The van der Waals surface area contributed by atoms with Gasteiger partial charge in [-0.05, 0) is 50.2 Å². The van der Waals surface area contributed by atoms with Crippen LogP contribution in [0.1, 0.15) is 41.6 Å². The summed E-state index contributed by atoms with van der Waals surface area (Å²) in [5.41, 5.74) is 0.0440. The summed E-state index contributed by atoms with van der Waals surface area (Å²) in [6, 6.07) is 8.98. The third-order valence-corrected chi connectivity index (χ3v) is 4.15. The molecule has 0 aliphatic carbocycles. The van der Waals surface area contributed by atoms with Gasteiger partial charge in [0, 0.05) is 6.54 Å². The molecule has 3 rings (SSSR count). The highest BCUT2D eigenvalue weighted by molar-refractivity contribution is 5.85. The van der Waals surface area contributed by atoms with E-state index in [0.717, 1.165) is 18.8 Å². The van der Waals surface area contributed by atoms with Crippen LogP contribution >= 0.6 is 0 Å². The van der Waals surface area contributed by atoms with E-state index in [2.05, 4.69) is 15.2 Å². The van der Waals surface area contributed by atoms with Crippen LogP contribution in [0.3, 0.4) is 0 Å². The minimum atomic E-state index is -1.02. The number of anilines is 1. The zero-order chi connectivity index (χ0) is 16.1. The van der Waals surface area contributed by atoms with Crippen molar-refractivity contribution in [2.75, 3.05) is 25.0 Å². The predicted molar refractivity (Wildman–Crippen MR) is 86.6 cm³/mol. The second-order valence-electron chi connectivity index (χ2n) is 5.72. The lowest BCUT2D eigenvalue weighted by atomic mass is 10.1. The molecule has 0 radical (unpaired) electrons. The van der Waals surface area contributed by atoms with Gasteiger partial charge in [0.15, 0.2) is 5.69 Å². The topological polar surface area (TPSA) is 78.6 Å². The van der Waals surface area contributed by atoms with Crippen molar-refractivity contribution in [3.05, 3.63) is 48.0 Å². The molecule has 1 fully saturated rings. The Kier molecular flexibility index (Phi) is 4.92. The van der Waals surface area contributed by atoms with Crippen LogP contribution in [0.15, 0.2) is 41.0 Å². The molecule has 0 amide bonds. The molecule has 0 bridgehead atoms. The first-order chi connectivity index (χ1) is 11.2. The summed E-state index contributed by atoms with van der Waals surface area (Å²) in [6.45, 7) is 2.73. The van der Waals surface area contributed by atoms with Crippen molar-refractivity contribution in [3.8, 4) is 0 Å². The number of nitrogens with one attached hydrogen (secondary N) is 1. The lowest BCUT2D eigenvalue weighted by molar-refractivity contribution is 0.0690. The van der Waals surface area contributed by atoms with Crippen LogP contribution in [0.5, 0.6) is 0 Å². The summed E-state index contributed by atoms with van der Waals surface area (Å²) in [5.74, 6) is 0.472. The number of likely N-dealkylation sites (tertiary alicyclic amines) is 1. The number of hydrogen-bond donors (Lipinski definition) is 2. The highest BCUT2D eigenvalue weighted by Gasteiger charge is 2.24. The van der Waals surface area contributed by atoms with Gasteiger partial charge in [-0.3, -0.25) is 4.90 Å². The molecule has 2 aromatic heterocycles. The third kappa shape index (κ3) is 3.90. The van der Waals surface area contributed by atoms with Gasteiger partial charge < -0.3 is 14.8 Å². The fraction of sp³-hybridized carbons (Fsp3) is 0.412. The molecule has 6 nitrogen and oxygen atoms in total. The Morgan fingerprint density at radius 3 is 2.78 bits per heavy atom. The normalized spacial score (nSPS) is 16.9. The monoisotopic (exact) mass is 315 g/mol. The van der Waals surface area contributed by atoms with Gasteiger partial charge in [-0.15, -0.1) is 0 Å². The summed E-state index contributed by atoms with van der Waals surface area (Å²) in [4.78, 5) is 17.5. The van der Waals surface area contributed by atoms with Gasteiger partial charge in [-0.25, -0.2) is 9.78 Å². The van der Waals surface area contributed by atoms with Crippen molar-refractivity contribution in [2.24, 2.45) is 0 Å². The van der Waals surface area contributed by atoms with E-state index in [-0.39, 0.29) is 11.7 Å². The quantitative estimate of drug-likeness (QED) is 0.853. The maximum absolute atomic E-state index is 11.0. The highest BCUT2D eigenvalue weighted by Crippen LogP contribution is 2.25. The summed E-state index contributed by atoms with van der Waals surface area (Å²) in [7, 11) is 0. The average molecular weight is 315 g/mol. The molecule has 1 aliphatic heterocycles. The Balaban J connectivity index is 1.71. The largest absolute Gasteiger partial charge is 0.477 e. The van der Waals surface area contributed by atoms with Gasteiger partial charge >= 0.3 is 5.97 Å². The first-order valence-corrected chi connectivity index (χ1v) is 7.96. The van der Waals surface area contributed by atoms with Crippen LogP contribution in [0, 0.1) is 0 Å². The van der Waals surface area contributed by atoms with Gasteiger partial charge in [0.1, 0.15) is 11.6 Å². The van der Waals surface area contributed by atoms with Crippen LogP contribution in [0.25, 0.3) is 0 Å². The zero-order valence-electron chi connectivity index (χ0n) is 12.9. The molecule has 1 aliphatic rings. The van der Waals surface area contributed by atoms with E-state index in [1.165, 1.54) is 25.3 Å². The predicted octanol–water partition coefficient (Wildman–Crippen LogP) is 3.01. The van der Waals surface area contributed by atoms with E-state index < -0.39 is 5.97 Å². The molecule has 3 heterocycles. The van der Waals surface area contributed by atoms with E-state index >= 15 is 0 Å². The van der Waals surface area contributed by atoms with Crippen molar-refractivity contribution < 1.29 is 14.3 Å². The van der Waals surface area contributed by atoms with E-state index in [9.17, 15) is 4.79 Å². The number of pyridine rings is 1. The average Bonchev–Trinajstić information content (AvgIpc) is 3.11. The van der Waals surface area contributed by atoms with Crippen molar-refractivity contribution in [1.82, 2.24) is 9.88 Å². The lowest BCUT2D eigenvalue weighted by Crippen LogP contribution is -2.37. The Bertz CT molecular complexity index is 636. The number of rotatable bonds is 6. The molecule has 2 N–H and O–H groups in total. The molecule has 122 valence electrons. The van der Waals surface area contributed by atoms with Crippen molar-refractivity contribution >= 4 is 11.8 Å². The summed E-state index contributed by atoms with van der Waals surface area (Å²) in [5, 5.41) is 12.3. The molecular formula is C17H21N3O3. The Morgan fingerprint density at radius 2 is 2.09 bits per heavy atom. The molecule has 0 spiro atoms. The Morgan fingerprint density at radius 1 is 1.26 bits per heavy atom. The number of aromatic nitrogens is 1. The standard InChI is InChI=1S/C17H21N3O3/c21-17(22)13-6-4-8-16(19-13)18-12-14(15-7-5-11-23-15)20-9-2-1-3-10-20/h4-8,11,14H,1-3,9-10,12H2,(H,18,19)(H,21,22). The Hall–Kier alpha value is -2.34. The number of hydrogen-bond acceptors (Lipinski definition) is 5. The highest BCUT2D eigenvalue weighted by atomic mass is 16.4. The smallest absolute Gasteiger partial charge is 0.354 e.